The number of methoxy groups -OCH3 is 2. The van der Waals surface area contributed by atoms with Crippen LogP contribution in [-0.2, 0) is 0 Å². The Bertz CT molecular complexity index is 964. The standard InChI is InChI=1S/C9H8BrN3O3.C7H7BrN2O3/c1-16-6-4-7(10)9(12-3-2-11)8(5-6)13(14)15;1-13-4-2-5(8)7(9)6(3-4)10(11)12/h4-5,12H,3H2,1H3;2-3H,9H2,1H3. The van der Waals surface area contributed by atoms with Crippen LogP contribution in [-0.4, -0.2) is 30.6 Å². The van der Waals surface area contributed by atoms with E-state index >= 15 is 0 Å². The Kier molecular flexibility index (Phi) is 9.10. The van der Waals surface area contributed by atoms with Crippen molar-refractivity contribution in [3.05, 3.63) is 53.4 Å². The summed E-state index contributed by atoms with van der Waals surface area (Å²) in [5.41, 5.74) is 5.54. The molecular formula is C16H15Br2N5O6. The van der Waals surface area contributed by atoms with Crippen molar-refractivity contribution in [3.63, 3.8) is 0 Å². The van der Waals surface area contributed by atoms with E-state index in [1.54, 1.807) is 12.1 Å². The van der Waals surface area contributed by atoms with Crippen LogP contribution >= 0.6 is 31.9 Å². The number of nitrogens with two attached hydrogens (primary N) is 1. The number of hydrogen-bond donors (Lipinski definition) is 2. The summed E-state index contributed by atoms with van der Waals surface area (Å²) in [5.74, 6) is 0.772. The first kappa shape index (κ1) is 23.9. The molecule has 11 nitrogen and oxygen atoms in total. The summed E-state index contributed by atoms with van der Waals surface area (Å²) >= 11 is 6.28. The molecule has 0 spiro atoms. The third-order valence-electron chi connectivity index (χ3n) is 3.33. The number of rotatable bonds is 6. The molecule has 0 aliphatic carbocycles. The highest BCUT2D eigenvalue weighted by Gasteiger charge is 2.19. The van der Waals surface area contributed by atoms with E-state index in [0.29, 0.717) is 20.4 Å². The molecule has 0 saturated heterocycles. The third kappa shape index (κ3) is 6.47. The molecule has 154 valence electrons. The Hall–Kier alpha value is -3.11. The molecule has 0 aromatic heterocycles. The van der Waals surface area contributed by atoms with Gasteiger partial charge in [-0.3, -0.25) is 20.2 Å². The molecule has 2 rings (SSSR count). The molecule has 0 amide bonds. The monoisotopic (exact) mass is 531 g/mol. The largest absolute Gasteiger partial charge is 0.496 e. The highest BCUT2D eigenvalue weighted by Crippen LogP contribution is 2.36. The fourth-order valence-corrected chi connectivity index (χ4v) is 2.98. The molecule has 0 radical (unpaired) electrons. The number of ether oxygens (including phenoxy) is 2. The van der Waals surface area contributed by atoms with Gasteiger partial charge in [0.2, 0.25) is 0 Å². The molecule has 0 fully saturated rings. The molecule has 29 heavy (non-hydrogen) atoms. The zero-order valence-electron chi connectivity index (χ0n) is 15.1. The van der Waals surface area contributed by atoms with E-state index < -0.39 is 9.85 Å². The maximum atomic E-state index is 10.8. The van der Waals surface area contributed by atoms with Crippen molar-refractivity contribution in [2.75, 3.05) is 31.8 Å². The number of halogens is 2. The van der Waals surface area contributed by atoms with Crippen LogP contribution < -0.4 is 20.5 Å². The maximum Gasteiger partial charge on any atom is 0.297 e. The van der Waals surface area contributed by atoms with Gasteiger partial charge in [-0.05, 0) is 44.0 Å². The number of hydrogen-bond acceptors (Lipinski definition) is 9. The van der Waals surface area contributed by atoms with Crippen LogP contribution in [0.2, 0.25) is 0 Å². The van der Waals surface area contributed by atoms with Crippen LogP contribution in [0.15, 0.2) is 33.2 Å². The maximum absolute atomic E-state index is 10.8. The van der Waals surface area contributed by atoms with Crippen molar-refractivity contribution in [1.82, 2.24) is 0 Å². The molecule has 0 bridgehead atoms. The quantitative estimate of drug-likeness (QED) is 0.239. The highest BCUT2D eigenvalue weighted by molar-refractivity contribution is 9.11. The van der Waals surface area contributed by atoms with E-state index in [1.807, 2.05) is 6.07 Å². The normalized spacial score (nSPS) is 9.48. The number of nitro groups is 2. The first-order valence-electron chi connectivity index (χ1n) is 7.56. The number of nitrogen functional groups attached to an aromatic ring is 1. The molecule has 2 aromatic carbocycles. The van der Waals surface area contributed by atoms with Gasteiger partial charge in [0.05, 0.1) is 51.2 Å². The lowest BCUT2D eigenvalue weighted by Gasteiger charge is -2.08. The Balaban J connectivity index is 0.000000296. The molecule has 3 N–H and O–H groups in total. The highest BCUT2D eigenvalue weighted by atomic mass is 79.9. The summed E-state index contributed by atoms with van der Waals surface area (Å²) in [6.45, 7) is -0.00817. The molecular weight excluding hydrogens is 518 g/mol. The minimum absolute atomic E-state index is 0.00817. The number of nitro benzene ring substituents is 2. The Labute approximate surface area is 182 Å². The van der Waals surface area contributed by atoms with Gasteiger partial charge in [-0.2, -0.15) is 5.26 Å². The van der Waals surface area contributed by atoms with E-state index in [1.165, 1.54) is 26.4 Å². The zero-order chi connectivity index (χ0) is 22.1. The van der Waals surface area contributed by atoms with Gasteiger partial charge in [0.1, 0.15) is 29.4 Å². The topological polar surface area (TPSA) is 167 Å². The molecule has 13 heteroatoms. The first-order valence-corrected chi connectivity index (χ1v) is 9.15. The first-order chi connectivity index (χ1) is 13.7. The Morgan fingerprint density at radius 2 is 1.52 bits per heavy atom. The van der Waals surface area contributed by atoms with Gasteiger partial charge < -0.3 is 20.5 Å². The number of anilines is 2. The number of benzene rings is 2. The van der Waals surface area contributed by atoms with Gasteiger partial charge in [-0.25, -0.2) is 0 Å². The van der Waals surface area contributed by atoms with Gasteiger partial charge in [0.15, 0.2) is 0 Å². The minimum atomic E-state index is -0.553. The van der Waals surface area contributed by atoms with E-state index in [4.69, 9.17) is 20.5 Å². The molecule has 0 heterocycles. The van der Waals surface area contributed by atoms with Gasteiger partial charge in [0, 0.05) is 0 Å². The molecule has 2 aromatic rings. The average Bonchev–Trinajstić information content (AvgIpc) is 2.68. The van der Waals surface area contributed by atoms with Gasteiger partial charge in [-0.1, -0.05) is 0 Å². The van der Waals surface area contributed by atoms with Crippen molar-refractivity contribution >= 4 is 54.6 Å². The van der Waals surface area contributed by atoms with E-state index in [2.05, 4.69) is 37.2 Å². The number of nitrogens with zero attached hydrogens (tertiary/aromatic N) is 3. The second-order valence-corrected chi connectivity index (χ2v) is 6.78. The van der Waals surface area contributed by atoms with Gasteiger partial charge in [0.25, 0.3) is 11.4 Å². The van der Waals surface area contributed by atoms with Crippen LogP contribution in [0.4, 0.5) is 22.7 Å². The summed E-state index contributed by atoms with van der Waals surface area (Å²) in [4.78, 5) is 20.2. The van der Waals surface area contributed by atoms with Crippen LogP contribution in [0.3, 0.4) is 0 Å². The van der Waals surface area contributed by atoms with Crippen LogP contribution in [0, 0.1) is 31.6 Å². The van der Waals surface area contributed by atoms with Crippen molar-refractivity contribution in [3.8, 4) is 17.6 Å². The lowest BCUT2D eigenvalue weighted by molar-refractivity contribution is -0.384. The van der Waals surface area contributed by atoms with Crippen LogP contribution in [0.1, 0.15) is 0 Å². The van der Waals surface area contributed by atoms with Crippen molar-refractivity contribution < 1.29 is 19.3 Å². The fraction of sp³-hybridized carbons (Fsp3) is 0.188. The molecule has 0 atom stereocenters. The van der Waals surface area contributed by atoms with E-state index in [0.717, 1.165) is 0 Å². The predicted molar refractivity (Wildman–Crippen MR) is 113 cm³/mol. The summed E-state index contributed by atoms with van der Waals surface area (Å²) in [6, 6.07) is 7.59. The van der Waals surface area contributed by atoms with Crippen molar-refractivity contribution in [1.29, 1.82) is 5.26 Å². The molecule has 0 aliphatic rings. The third-order valence-corrected chi connectivity index (χ3v) is 4.61. The summed E-state index contributed by atoms with van der Waals surface area (Å²) < 4.78 is 10.7. The summed E-state index contributed by atoms with van der Waals surface area (Å²) in [7, 11) is 2.86. The lowest BCUT2D eigenvalue weighted by Crippen LogP contribution is -2.03. The van der Waals surface area contributed by atoms with E-state index in [9.17, 15) is 20.2 Å². The summed E-state index contributed by atoms with van der Waals surface area (Å²) in [6.07, 6.45) is 0. The van der Waals surface area contributed by atoms with Crippen LogP contribution in [0.25, 0.3) is 0 Å². The molecule has 0 saturated carbocycles. The second-order valence-electron chi connectivity index (χ2n) is 5.07. The predicted octanol–water partition coefficient (Wildman–Crippen LogP) is 4.25. The SMILES string of the molecule is COc1cc(Br)c(N)c([N+](=O)[O-])c1.COc1cc(Br)c(NCC#N)c([N+](=O)[O-])c1. The average molecular weight is 533 g/mol. The summed E-state index contributed by atoms with van der Waals surface area (Å²) in [5, 5.41) is 32.4. The number of nitriles is 1. The van der Waals surface area contributed by atoms with Gasteiger partial charge in [-0.15, -0.1) is 0 Å². The smallest absolute Gasteiger partial charge is 0.297 e. The fourth-order valence-electron chi connectivity index (χ4n) is 1.98. The van der Waals surface area contributed by atoms with Gasteiger partial charge >= 0.3 is 0 Å². The number of nitrogens with one attached hydrogen (secondary N) is 1. The Morgan fingerprint density at radius 1 is 1.03 bits per heavy atom. The molecule has 0 aliphatic heterocycles. The zero-order valence-corrected chi connectivity index (χ0v) is 18.3. The minimum Gasteiger partial charge on any atom is -0.496 e. The van der Waals surface area contributed by atoms with E-state index in [-0.39, 0.29) is 29.3 Å². The molecule has 0 unspecified atom stereocenters. The second kappa shape index (κ2) is 11.0. The Morgan fingerprint density at radius 3 is 1.97 bits per heavy atom. The lowest BCUT2D eigenvalue weighted by atomic mass is 10.2. The van der Waals surface area contributed by atoms with Crippen molar-refractivity contribution in [2.45, 2.75) is 0 Å². The van der Waals surface area contributed by atoms with Crippen molar-refractivity contribution in [2.24, 2.45) is 0 Å². The van der Waals surface area contributed by atoms with Crippen LogP contribution in [0.5, 0.6) is 11.5 Å².